The van der Waals surface area contributed by atoms with Gasteiger partial charge in [-0.25, -0.2) is 4.98 Å². The molecule has 0 aliphatic heterocycles. The maximum atomic E-state index is 12.5. The number of hydrogen-bond acceptors (Lipinski definition) is 4. The van der Waals surface area contributed by atoms with Crippen molar-refractivity contribution in [3.63, 3.8) is 0 Å². The van der Waals surface area contributed by atoms with Gasteiger partial charge >= 0.3 is 0 Å². The zero-order chi connectivity index (χ0) is 15.5. The van der Waals surface area contributed by atoms with Gasteiger partial charge in [0.2, 0.25) is 0 Å². The Morgan fingerprint density at radius 1 is 1.36 bits per heavy atom. The number of carbonyl (C=O) groups is 1. The fraction of sp³-hybridized carbons (Fsp3) is 0.562. The molecule has 0 atom stereocenters. The summed E-state index contributed by atoms with van der Waals surface area (Å²) in [6.45, 7) is 4.19. The van der Waals surface area contributed by atoms with Crippen molar-refractivity contribution in [1.29, 1.82) is 0 Å². The monoisotopic (exact) mass is 318 g/mol. The molecular weight excluding hydrogens is 296 g/mol. The Balaban J connectivity index is 1.74. The fourth-order valence-corrected chi connectivity index (χ4v) is 4.10. The molecule has 118 valence electrons. The summed E-state index contributed by atoms with van der Waals surface area (Å²) in [5, 5.41) is 7.26. The van der Waals surface area contributed by atoms with Crippen molar-refractivity contribution in [3.8, 4) is 0 Å². The number of aromatic amines is 1. The summed E-state index contributed by atoms with van der Waals surface area (Å²) in [5.41, 5.74) is 3.18. The summed E-state index contributed by atoms with van der Waals surface area (Å²) >= 11 is 1.40. The van der Waals surface area contributed by atoms with Gasteiger partial charge in [0.05, 0.1) is 5.75 Å². The quantitative estimate of drug-likeness (QED) is 0.674. The van der Waals surface area contributed by atoms with E-state index in [1.807, 2.05) is 6.07 Å². The zero-order valence-corrected chi connectivity index (χ0v) is 13.9. The van der Waals surface area contributed by atoms with Gasteiger partial charge in [-0.2, -0.15) is 5.10 Å². The van der Waals surface area contributed by atoms with Crippen LogP contribution in [-0.2, 0) is 0 Å². The first-order chi connectivity index (χ1) is 10.7. The molecule has 3 rings (SSSR count). The molecule has 0 bridgehead atoms. The van der Waals surface area contributed by atoms with Crippen molar-refractivity contribution >= 4 is 17.5 Å². The summed E-state index contributed by atoms with van der Waals surface area (Å²) in [6.07, 6.45) is 7.86. The SMILES string of the molecule is Cc1cc(C(=O)CSc2ncn[nH]2)c(C)n1C1CCCCC1. The highest BCUT2D eigenvalue weighted by Crippen LogP contribution is 2.32. The molecule has 0 aromatic carbocycles. The lowest BCUT2D eigenvalue weighted by atomic mass is 9.95. The maximum Gasteiger partial charge on any atom is 0.183 e. The molecule has 1 aliphatic rings. The first-order valence-electron chi connectivity index (χ1n) is 7.86. The van der Waals surface area contributed by atoms with Crippen molar-refractivity contribution in [2.24, 2.45) is 0 Å². The third kappa shape index (κ3) is 3.11. The van der Waals surface area contributed by atoms with Gasteiger partial charge in [0.1, 0.15) is 6.33 Å². The third-order valence-electron chi connectivity index (χ3n) is 4.46. The topological polar surface area (TPSA) is 63.6 Å². The molecule has 0 spiro atoms. The number of nitrogens with one attached hydrogen (secondary N) is 1. The Labute approximate surface area is 134 Å². The van der Waals surface area contributed by atoms with Crippen LogP contribution < -0.4 is 0 Å². The van der Waals surface area contributed by atoms with Crippen LogP contribution in [-0.4, -0.2) is 31.3 Å². The highest BCUT2D eigenvalue weighted by atomic mass is 32.2. The van der Waals surface area contributed by atoms with E-state index in [-0.39, 0.29) is 5.78 Å². The van der Waals surface area contributed by atoms with Crippen molar-refractivity contribution in [2.75, 3.05) is 5.75 Å². The number of aryl methyl sites for hydroxylation is 1. The molecular formula is C16H22N4OS. The molecule has 0 radical (unpaired) electrons. The molecule has 0 unspecified atom stereocenters. The predicted molar refractivity (Wildman–Crippen MR) is 87.5 cm³/mol. The second-order valence-corrected chi connectivity index (χ2v) is 6.91. The lowest BCUT2D eigenvalue weighted by Gasteiger charge is -2.26. The maximum absolute atomic E-state index is 12.5. The van der Waals surface area contributed by atoms with E-state index >= 15 is 0 Å². The summed E-state index contributed by atoms with van der Waals surface area (Å²) in [6, 6.07) is 2.62. The van der Waals surface area contributed by atoms with Crippen LogP contribution in [0, 0.1) is 13.8 Å². The summed E-state index contributed by atoms with van der Waals surface area (Å²) < 4.78 is 2.38. The minimum Gasteiger partial charge on any atom is -0.345 e. The van der Waals surface area contributed by atoms with E-state index in [0.717, 1.165) is 11.3 Å². The van der Waals surface area contributed by atoms with Gasteiger partial charge in [0.15, 0.2) is 10.9 Å². The molecule has 2 heterocycles. The van der Waals surface area contributed by atoms with E-state index in [1.54, 1.807) is 0 Å². The van der Waals surface area contributed by atoms with E-state index in [2.05, 4.69) is 33.6 Å². The number of H-pyrrole nitrogens is 1. The van der Waals surface area contributed by atoms with E-state index < -0.39 is 0 Å². The van der Waals surface area contributed by atoms with Crippen LogP contribution >= 0.6 is 11.8 Å². The Kier molecular flexibility index (Phi) is 4.66. The van der Waals surface area contributed by atoms with Crippen LogP contribution in [0.25, 0.3) is 0 Å². The Hall–Kier alpha value is -1.56. The molecule has 1 fully saturated rings. The molecule has 0 amide bonds. The standard InChI is InChI=1S/C16H22N4OS/c1-11-8-14(15(21)9-22-16-17-10-18-19-16)12(2)20(11)13-6-4-3-5-7-13/h8,10,13H,3-7,9H2,1-2H3,(H,17,18,19). The number of thioether (sulfide) groups is 1. The highest BCUT2D eigenvalue weighted by Gasteiger charge is 2.22. The van der Waals surface area contributed by atoms with Crippen LogP contribution in [0.2, 0.25) is 0 Å². The second kappa shape index (κ2) is 6.69. The first-order valence-corrected chi connectivity index (χ1v) is 8.85. The molecule has 2 aromatic heterocycles. The summed E-state index contributed by atoms with van der Waals surface area (Å²) in [7, 11) is 0. The largest absolute Gasteiger partial charge is 0.345 e. The van der Waals surface area contributed by atoms with Gasteiger partial charge in [0.25, 0.3) is 0 Å². The minimum atomic E-state index is 0.163. The molecule has 22 heavy (non-hydrogen) atoms. The van der Waals surface area contributed by atoms with Crippen LogP contribution in [0.5, 0.6) is 0 Å². The number of nitrogens with zero attached hydrogens (tertiary/aromatic N) is 3. The molecule has 6 heteroatoms. The average Bonchev–Trinajstić information content (AvgIpc) is 3.14. The van der Waals surface area contributed by atoms with Gasteiger partial charge in [-0.15, -0.1) is 0 Å². The van der Waals surface area contributed by atoms with Crippen LogP contribution in [0.1, 0.15) is 59.9 Å². The van der Waals surface area contributed by atoms with E-state index in [4.69, 9.17) is 0 Å². The van der Waals surface area contributed by atoms with Gasteiger partial charge in [-0.05, 0) is 32.8 Å². The van der Waals surface area contributed by atoms with E-state index in [0.29, 0.717) is 17.0 Å². The van der Waals surface area contributed by atoms with E-state index in [1.165, 1.54) is 55.9 Å². The molecule has 5 nitrogen and oxygen atoms in total. The first kappa shape index (κ1) is 15.3. The van der Waals surface area contributed by atoms with Gasteiger partial charge in [-0.3, -0.25) is 9.89 Å². The van der Waals surface area contributed by atoms with Crippen molar-refractivity contribution in [1.82, 2.24) is 19.7 Å². The van der Waals surface area contributed by atoms with Crippen molar-refractivity contribution < 1.29 is 4.79 Å². The lowest BCUT2D eigenvalue weighted by molar-refractivity contribution is 0.102. The number of hydrogen-bond donors (Lipinski definition) is 1. The van der Waals surface area contributed by atoms with Crippen LogP contribution in [0.15, 0.2) is 17.6 Å². The number of rotatable bonds is 5. The number of carbonyl (C=O) groups excluding carboxylic acids is 1. The fourth-order valence-electron chi connectivity index (χ4n) is 3.44. The molecule has 2 aromatic rings. The number of aromatic nitrogens is 4. The smallest absolute Gasteiger partial charge is 0.183 e. The summed E-state index contributed by atoms with van der Waals surface area (Å²) in [5.74, 6) is 0.556. The van der Waals surface area contributed by atoms with Crippen molar-refractivity contribution in [3.05, 3.63) is 29.3 Å². The minimum absolute atomic E-state index is 0.163. The molecule has 1 N–H and O–H groups in total. The number of Topliss-reactive ketones (excluding diaryl/α,β-unsaturated/α-hetero) is 1. The van der Waals surface area contributed by atoms with Crippen molar-refractivity contribution in [2.45, 2.75) is 57.1 Å². The van der Waals surface area contributed by atoms with Gasteiger partial charge in [-0.1, -0.05) is 31.0 Å². The Morgan fingerprint density at radius 3 is 2.82 bits per heavy atom. The normalized spacial score (nSPS) is 16.1. The summed E-state index contributed by atoms with van der Waals surface area (Å²) in [4.78, 5) is 16.6. The second-order valence-electron chi connectivity index (χ2n) is 5.95. The molecule has 0 saturated heterocycles. The van der Waals surface area contributed by atoms with Gasteiger partial charge in [0, 0.05) is 23.0 Å². The lowest BCUT2D eigenvalue weighted by Crippen LogP contribution is -2.16. The number of ketones is 1. The average molecular weight is 318 g/mol. The zero-order valence-electron chi connectivity index (χ0n) is 13.1. The van der Waals surface area contributed by atoms with Crippen LogP contribution in [0.4, 0.5) is 0 Å². The Morgan fingerprint density at radius 2 is 2.14 bits per heavy atom. The highest BCUT2D eigenvalue weighted by molar-refractivity contribution is 7.99. The molecule has 1 saturated carbocycles. The van der Waals surface area contributed by atoms with E-state index in [9.17, 15) is 4.79 Å². The Bertz CT molecular complexity index is 641. The van der Waals surface area contributed by atoms with Crippen LogP contribution in [0.3, 0.4) is 0 Å². The third-order valence-corrected chi connectivity index (χ3v) is 5.33. The van der Waals surface area contributed by atoms with Gasteiger partial charge < -0.3 is 4.57 Å². The predicted octanol–water partition coefficient (Wildman–Crippen LogP) is 3.70. The molecule has 1 aliphatic carbocycles.